The molecule has 5 heteroatoms. The van der Waals surface area contributed by atoms with Crippen molar-refractivity contribution in [2.75, 3.05) is 18.6 Å². The third kappa shape index (κ3) is 3.06. The zero-order valence-electron chi connectivity index (χ0n) is 9.91. The third-order valence-corrected chi connectivity index (χ3v) is 4.95. The van der Waals surface area contributed by atoms with Gasteiger partial charge in [0.2, 0.25) is 0 Å². The van der Waals surface area contributed by atoms with Crippen LogP contribution in [0.5, 0.6) is 0 Å². The molecule has 0 bridgehead atoms. The highest BCUT2D eigenvalue weighted by Crippen LogP contribution is 2.17. The van der Waals surface area contributed by atoms with Crippen LogP contribution in [-0.2, 0) is 16.4 Å². The van der Waals surface area contributed by atoms with E-state index >= 15 is 0 Å². The van der Waals surface area contributed by atoms with E-state index in [2.05, 4.69) is 0 Å². The first-order chi connectivity index (χ1) is 7.98. The number of hydrogen-bond acceptors (Lipinski definition) is 4. The van der Waals surface area contributed by atoms with Gasteiger partial charge in [-0.2, -0.15) is 0 Å². The zero-order valence-corrected chi connectivity index (χ0v) is 10.7. The van der Waals surface area contributed by atoms with Crippen molar-refractivity contribution in [2.24, 2.45) is 5.73 Å². The van der Waals surface area contributed by atoms with Crippen LogP contribution in [0.15, 0.2) is 30.3 Å². The molecule has 1 fully saturated rings. The van der Waals surface area contributed by atoms with Crippen LogP contribution in [0.3, 0.4) is 0 Å². The van der Waals surface area contributed by atoms with Gasteiger partial charge in [0.1, 0.15) is 0 Å². The molecule has 2 N–H and O–H groups in total. The van der Waals surface area contributed by atoms with Crippen molar-refractivity contribution in [2.45, 2.75) is 18.6 Å². The fraction of sp³-hybridized carbons (Fsp3) is 0.500. The summed E-state index contributed by atoms with van der Waals surface area (Å²) in [5.74, 6) is 0.286. The van der Waals surface area contributed by atoms with E-state index in [1.165, 1.54) is 5.56 Å². The maximum Gasteiger partial charge on any atom is 0.153 e. The first-order valence-corrected chi connectivity index (χ1v) is 7.50. The molecule has 0 saturated carbocycles. The number of nitrogens with zero attached hydrogens (tertiary/aromatic N) is 1. The number of likely N-dealkylation sites (N-methyl/N-ethyl adjacent to an activating group) is 1. The minimum atomic E-state index is -2.95. The molecule has 17 heavy (non-hydrogen) atoms. The average Bonchev–Trinajstić information content (AvgIpc) is 2.54. The van der Waals surface area contributed by atoms with Gasteiger partial charge in [-0.15, -0.1) is 0 Å². The highest BCUT2D eigenvalue weighted by molar-refractivity contribution is 7.91. The standard InChI is InChI=1S/C12H18N2O2S/c1-14(7-10-5-3-2-4-6-10)12-9-17(15,16)8-11(12)13/h2-6,11-12H,7-9,13H2,1H3. The quantitative estimate of drug-likeness (QED) is 0.839. The van der Waals surface area contributed by atoms with Gasteiger partial charge >= 0.3 is 0 Å². The first kappa shape index (κ1) is 12.5. The number of sulfone groups is 1. The Bertz CT molecular complexity index is 473. The lowest BCUT2D eigenvalue weighted by atomic mass is 10.1. The second-order valence-corrected chi connectivity index (χ2v) is 6.86. The Labute approximate surface area is 102 Å². The highest BCUT2D eigenvalue weighted by Gasteiger charge is 2.37. The van der Waals surface area contributed by atoms with E-state index < -0.39 is 9.84 Å². The minimum Gasteiger partial charge on any atom is -0.325 e. The molecule has 0 aliphatic carbocycles. The third-order valence-electron chi connectivity index (χ3n) is 3.21. The minimum absolute atomic E-state index is 0.0693. The molecule has 1 saturated heterocycles. The molecule has 2 rings (SSSR count). The lowest BCUT2D eigenvalue weighted by Gasteiger charge is -2.26. The van der Waals surface area contributed by atoms with Crippen molar-refractivity contribution in [1.82, 2.24) is 4.90 Å². The average molecular weight is 254 g/mol. The van der Waals surface area contributed by atoms with Crippen LogP contribution < -0.4 is 5.73 Å². The lowest BCUT2D eigenvalue weighted by Crippen LogP contribution is -2.44. The molecule has 0 aromatic heterocycles. The second kappa shape index (κ2) is 4.76. The Morgan fingerprint density at radius 2 is 1.94 bits per heavy atom. The molecule has 1 aliphatic rings. The molecule has 0 spiro atoms. The van der Waals surface area contributed by atoms with Crippen LogP contribution in [0.25, 0.3) is 0 Å². The summed E-state index contributed by atoms with van der Waals surface area (Å²) in [6.07, 6.45) is 0. The highest BCUT2D eigenvalue weighted by atomic mass is 32.2. The van der Waals surface area contributed by atoms with Gasteiger partial charge in [-0.25, -0.2) is 8.42 Å². The summed E-state index contributed by atoms with van der Waals surface area (Å²) in [5.41, 5.74) is 7.06. The van der Waals surface area contributed by atoms with Crippen LogP contribution in [0.2, 0.25) is 0 Å². The van der Waals surface area contributed by atoms with Gasteiger partial charge in [-0.3, -0.25) is 4.90 Å². The maximum absolute atomic E-state index is 11.5. The Morgan fingerprint density at radius 1 is 1.29 bits per heavy atom. The van der Waals surface area contributed by atoms with Crippen molar-refractivity contribution in [3.63, 3.8) is 0 Å². The van der Waals surface area contributed by atoms with Crippen LogP contribution >= 0.6 is 0 Å². The molecule has 2 atom stereocenters. The predicted octanol–water partition coefficient (Wildman–Crippen LogP) is 0.243. The number of nitrogens with two attached hydrogens (primary N) is 1. The Kier molecular flexibility index (Phi) is 3.51. The van der Waals surface area contributed by atoms with Crippen LogP contribution in [-0.4, -0.2) is 44.0 Å². The largest absolute Gasteiger partial charge is 0.325 e. The van der Waals surface area contributed by atoms with Gasteiger partial charge in [0, 0.05) is 18.6 Å². The SMILES string of the molecule is CN(Cc1ccccc1)C1CS(=O)(=O)CC1N. The van der Waals surface area contributed by atoms with Crippen molar-refractivity contribution in [1.29, 1.82) is 0 Å². The van der Waals surface area contributed by atoms with E-state index in [9.17, 15) is 8.42 Å². The monoisotopic (exact) mass is 254 g/mol. The molecular formula is C12H18N2O2S. The van der Waals surface area contributed by atoms with Crippen molar-refractivity contribution < 1.29 is 8.42 Å². The van der Waals surface area contributed by atoms with Gasteiger partial charge in [-0.05, 0) is 12.6 Å². The topological polar surface area (TPSA) is 63.4 Å². The van der Waals surface area contributed by atoms with E-state index in [4.69, 9.17) is 5.73 Å². The molecule has 4 nitrogen and oxygen atoms in total. The number of benzene rings is 1. The summed E-state index contributed by atoms with van der Waals surface area (Å²) >= 11 is 0. The van der Waals surface area contributed by atoms with Gasteiger partial charge in [-0.1, -0.05) is 30.3 Å². The molecule has 1 aromatic carbocycles. The maximum atomic E-state index is 11.5. The summed E-state index contributed by atoms with van der Waals surface area (Å²) in [7, 11) is -1.02. The summed E-state index contributed by atoms with van der Waals surface area (Å²) in [6.45, 7) is 0.731. The Hall–Kier alpha value is -0.910. The summed E-state index contributed by atoms with van der Waals surface area (Å²) < 4.78 is 23.0. The fourth-order valence-corrected chi connectivity index (χ4v) is 4.27. The van der Waals surface area contributed by atoms with Gasteiger partial charge in [0.05, 0.1) is 11.5 Å². The molecule has 2 unspecified atom stereocenters. The Morgan fingerprint density at radius 3 is 2.47 bits per heavy atom. The van der Waals surface area contributed by atoms with Crippen LogP contribution in [0.4, 0.5) is 0 Å². The molecule has 1 aliphatic heterocycles. The van der Waals surface area contributed by atoms with Crippen molar-refractivity contribution in [3.05, 3.63) is 35.9 Å². The summed E-state index contributed by atoms with van der Waals surface area (Å²) in [4.78, 5) is 2.03. The smallest absolute Gasteiger partial charge is 0.153 e. The fourth-order valence-electron chi connectivity index (χ4n) is 2.30. The summed E-state index contributed by atoms with van der Waals surface area (Å²) in [5, 5.41) is 0. The second-order valence-electron chi connectivity index (χ2n) is 4.71. The number of rotatable bonds is 3. The normalized spacial score (nSPS) is 27.5. The van der Waals surface area contributed by atoms with Gasteiger partial charge in [0.25, 0.3) is 0 Å². The van der Waals surface area contributed by atoms with Gasteiger partial charge in [0.15, 0.2) is 9.84 Å². The van der Waals surface area contributed by atoms with E-state index in [1.807, 2.05) is 42.3 Å². The molecule has 0 radical (unpaired) electrons. The molecular weight excluding hydrogens is 236 g/mol. The molecule has 1 heterocycles. The van der Waals surface area contributed by atoms with Crippen molar-refractivity contribution in [3.8, 4) is 0 Å². The van der Waals surface area contributed by atoms with E-state index in [1.54, 1.807) is 0 Å². The Balaban J connectivity index is 2.04. The number of hydrogen-bond donors (Lipinski definition) is 1. The van der Waals surface area contributed by atoms with E-state index in [-0.39, 0.29) is 23.6 Å². The van der Waals surface area contributed by atoms with E-state index in [0.29, 0.717) is 0 Å². The lowest BCUT2D eigenvalue weighted by molar-refractivity contribution is 0.236. The van der Waals surface area contributed by atoms with Crippen LogP contribution in [0, 0.1) is 0 Å². The summed E-state index contributed by atoms with van der Waals surface area (Å²) in [6, 6.07) is 9.66. The molecule has 94 valence electrons. The van der Waals surface area contributed by atoms with Crippen molar-refractivity contribution >= 4 is 9.84 Å². The van der Waals surface area contributed by atoms with Gasteiger partial charge < -0.3 is 5.73 Å². The first-order valence-electron chi connectivity index (χ1n) is 5.68. The van der Waals surface area contributed by atoms with E-state index in [0.717, 1.165) is 6.54 Å². The predicted molar refractivity (Wildman–Crippen MR) is 68.3 cm³/mol. The zero-order chi connectivity index (χ0) is 12.5. The van der Waals surface area contributed by atoms with Crippen LogP contribution in [0.1, 0.15) is 5.56 Å². The molecule has 1 aromatic rings. The molecule has 0 amide bonds.